The van der Waals surface area contributed by atoms with E-state index in [-0.39, 0.29) is 23.7 Å². The van der Waals surface area contributed by atoms with Crippen molar-refractivity contribution in [3.63, 3.8) is 0 Å². The average molecular weight is 459 g/mol. The smallest absolute Gasteiger partial charge is 0.271 e. The van der Waals surface area contributed by atoms with Gasteiger partial charge in [-0.05, 0) is 35.7 Å². The Hall–Kier alpha value is -3.82. The number of amides is 1. The lowest BCUT2D eigenvalue weighted by molar-refractivity contribution is 0.0838. The van der Waals surface area contributed by atoms with Crippen LogP contribution in [0.25, 0.3) is 16.9 Å². The number of benzene rings is 1. The van der Waals surface area contributed by atoms with Crippen LogP contribution in [0.5, 0.6) is 0 Å². The van der Waals surface area contributed by atoms with Gasteiger partial charge in [-0.2, -0.15) is 5.10 Å². The Balaban J connectivity index is 1.20. The number of nitrogens with one attached hydrogen (secondary N) is 1. The number of aryl methyl sites for hydroxylation is 1. The first-order chi connectivity index (χ1) is 16.5. The topological polar surface area (TPSA) is 105 Å². The van der Waals surface area contributed by atoms with E-state index < -0.39 is 6.10 Å². The zero-order chi connectivity index (χ0) is 23.7. The number of pyridine rings is 1. The molecule has 4 aromatic rings. The molecule has 1 aromatic carbocycles. The van der Waals surface area contributed by atoms with Gasteiger partial charge in [-0.15, -0.1) is 0 Å². The molecule has 1 atom stereocenters. The van der Waals surface area contributed by atoms with Crippen LogP contribution in [0.3, 0.4) is 0 Å². The summed E-state index contributed by atoms with van der Waals surface area (Å²) < 4.78 is 3.00. The second-order valence-corrected chi connectivity index (χ2v) is 8.63. The molecule has 2 N–H and O–H groups in total. The highest BCUT2D eigenvalue weighted by molar-refractivity contribution is 5.92. The van der Waals surface area contributed by atoms with E-state index in [1.807, 2.05) is 12.1 Å². The normalized spacial score (nSPS) is 14.6. The fourth-order valence-electron chi connectivity index (χ4n) is 4.23. The fourth-order valence-corrected chi connectivity index (χ4v) is 4.23. The molecule has 4 heterocycles. The van der Waals surface area contributed by atoms with Gasteiger partial charge in [-0.1, -0.05) is 24.3 Å². The van der Waals surface area contributed by atoms with E-state index in [2.05, 4.69) is 38.5 Å². The second kappa shape index (κ2) is 9.20. The van der Waals surface area contributed by atoms with Crippen LogP contribution in [0.15, 0.2) is 65.7 Å². The molecule has 9 nitrogen and oxygen atoms in total. The molecule has 34 heavy (non-hydrogen) atoms. The third kappa shape index (κ3) is 4.61. The number of fused-ring (bicyclic) bond motifs is 2. The Morgan fingerprint density at radius 3 is 2.82 bits per heavy atom. The van der Waals surface area contributed by atoms with Crippen molar-refractivity contribution >= 4 is 11.6 Å². The molecule has 1 amide bonds. The molecule has 0 fully saturated rings. The van der Waals surface area contributed by atoms with Crippen molar-refractivity contribution in [2.75, 3.05) is 19.6 Å². The van der Waals surface area contributed by atoms with Crippen molar-refractivity contribution in [1.29, 1.82) is 0 Å². The van der Waals surface area contributed by atoms with Gasteiger partial charge in [0.15, 0.2) is 5.65 Å². The van der Waals surface area contributed by atoms with Gasteiger partial charge in [0.2, 0.25) is 0 Å². The number of carbonyl (C=O) groups excluding carboxylic acids is 1. The molecule has 0 unspecified atom stereocenters. The Kier molecular flexibility index (Phi) is 5.95. The highest BCUT2D eigenvalue weighted by atomic mass is 16.3. The van der Waals surface area contributed by atoms with Gasteiger partial charge in [-0.25, -0.2) is 9.50 Å². The Morgan fingerprint density at radius 1 is 1.18 bits per heavy atom. The summed E-state index contributed by atoms with van der Waals surface area (Å²) in [5, 5.41) is 17.7. The van der Waals surface area contributed by atoms with E-state index in [0.717, 1.165) is 19.5 Å². The molecular formula is C25H26N6O3. The van der Waals surface area contributed by atoms with Crippen molar-refractivity contribution in [1.82, 2.24) is 29.4 Å². The molecule has 9 heteroatoms. The number of nitrogens with zero attached hydrogens (tertiary/aromatic N) is 5. The zero-order valence-electron chi connectivity index (χ0n) is 18.9. The summed E-state index contributed by atoms with van der Waals surface area (Å²) in [6, 6.07) is 15.2. The number of carbonyl (C=O) groups is 1. The van der Waals surface area contributed by atoms with Crippen molar-refractivity contribution in [2.24, 2.45) is 7.05 Å². The predicted octanol–water partition coefficient (Wildman–Crippen LogP) is 1.24. The van der Waals surface area contributed by atoms with E-state index in [4.69, 9.17) is 0 Å². The first kappa shape index (κ1) is 22.0. The largest absolute Gasteiger partial charge is 0.390 e. The average Bonchev–Trinajstić information content (AvgIpc) is 3.28. The van der Waals surface area contributed by atoms with Gasteiger partial charge in [0, 0.05) is 51.1 Å². The molecule has 0 spiro atoms. The summed E-state index contributed by atoms with van der Waals surface area (Å²) in [6.07, 6.45) is 3.51. The number of aromatic nitrogens is 4. The fraction of sp³-hybridized carbons (Fsp3) is 0.280. The highest BCUT2D eigenvalue weighted by Crippen LogP contribution is 2.18. The minimum atomic E-state index is -0.684. The van der Waals surface area contributed by atoms with Crippen LogP contribution in [0, 0.1) is 0 Å². The van der Waals surface area contributed by atoms with Crippen molar-refractivity contribution < 1.29 is 9.90 Å². The number of aliphatic hydroxyl groups excluding tert-OH is 1. The highest BCUT2D eigenvalue weighted by Gasteiger charge is 2.19. The molecule has 1 aliphatic rings. The summed E-state index contributed by atoms with van der Waals surface area (Å²) in [7, 11) is 1.69. The van der Waals surface area contributed by atoms with Gasteiger partial charge in [0.05, 0.1) is 18.0 Å². The number of aliphatic hydroxyl groups is 1. The van der Waals surface area contributed by atoms with Gasteiger partial charge < -0.3 is 15.0 Å². The van der Waals surface area contributed by atoms with Crippen LogP contribution in [0.1, 0.15) is 21.6 Å². The molecule has 0 aliphatic carbocycles. The van der Waals surface area contributed by atoms with Crippen LogP contribution in [0.4, 0.5) is 0 Å². The maximum Gasteiger partial charge on any atom is 0.271 e. The summed E-state index contributed by atoms with van der Waals surface area (Å²) >= 11 is 0. The van der Waals surface area contributed by atoms with Gasteiger partial charge in [-0.3, -0.25) is 14.5 Å². The Labute approximate surface area is 196 Å². The van der Waals surface area contributed by atoms with Crippen LogP contribution >= 0.6 is 0 Å². The van der Waals surface area contributed by atoms with Gasteiger partial charge >= 0.3 is 0 Å². The maximum absolute atomic E-state index is 12.6. The molecule has 5 rings (SSSR count). The number of hydrogen-bond acceptors (Lipinski definition) is 6. The lowest BCUT2D eigenvalue weighted by Crippen LogP contribution is -2.42. The second-order valence-electron chi connectivity index (χ2n) is 8.63. The van der Waals surface area contributed by atoms with Crippen molar-refractivity contribution in [3.8, 4) is 11.3 Å². The third-order valence-electron chi connectivity index (χ3n) is 6.13. The van der Waals surface area contributed by atoms with Crippen LogP contribution < -0.4 is 10.9 Å². The number of β-amino-alcohol motifs (C(OH)–C–C–N with tert-alkyl or cyclic N) is 1. The molecule has 0 bridgehead atoms. The van der Waals surface area contributed by atoms with Gasteiger partial charge in [0.25, 0.3) is 11.5 Å². The van der Waals surface area contributed by atoms with Crippen molar-refractivity contribution in [3.05, 3.63) is 88.1 Å². The number of rotatable bonds is 6. The molecule has 1 aliphatic heterocycles. The molecular weight excluding hydrogens is 432 g/mol. The summed E-state index contributed by atoms with van der Waals surface area (Å²) in [5.41, 5.74) is 4.55. The zero-order valence-corrected chi connectivity index (χ0v) is 18.9. The lowest BCUT2D eigenvalue weighted by Gasteiger charge is -2.30. The SMILES string of the molecule is Cn1ccc(-c2ccc3nc(C(=O)NC[C@H](O)CN4CCc5ccccc5C4)cn3n2)cc1=O. The monoisotopic (exact) mass is 458 g/mol. The van der Waals surface area contributed by atoms with Crippen LogP contribution in [-0.2, 0) is 20.0 Å². The standard InChI is InChI=1S/C25H26N6O3/c1-29-10-8-18(12-24(29)33)21-6-7-23-27-22(16-31(23)28-21)25(34)26-13-20(32)15-30-11-9-17-4-2-3-5-19(17)14-30/h2-8,10,12,16,20,32H,9,11,13-15H2,1H3,(H,26,34)/t20-/m0/s1. The van der Waals surface area contributed by atoms with Crippen LogP contribution in [0.2, 0.25) is 0 Å². The number of hydrogen-bond donors (Lipinski definition) is 2. The molecule has 0 radical (unpaired) electrons. The summed E-state index contributed by atoms with van der Waals surface area (Å²) in [4.78, 5) is 31.1. The van der Waals surface area contributed by atoms with E-state index in [1.165, 1.54) is 26.3 Å². The molecule has 0 saturated heterocycles. The minimum Gasteiger partial charge on any atom is -0.390 e. The van der Waals surface area contributed by atoms with Gasteiger partial charge in [0.1, 0.15) is 5.69 Å². The Morgan fingerprint density at radius 2 is 2.00 bits per heavy atom. The van der Waals surface area contributed by atoms with E-state index in [1.54, 1.807) is 31.6 Å². The summed E-state index contributed by atoms with van der Waals surface area (Å²) in [6.45, 7) is 2.31. The molecule has 3 aromatic heterocycles. The molecule has 174 valence electrons. The van der Waals surface area contributed by atoms with Crippen LogP contribution in [-0.4, -0.2) is 60.8 Å². The molecule has 0 saturated carbocycles. The number of imidazole rings is 1. The third-order valence-corrected chi connectivity index (χ3v) is 6.13. The quantitative estimate of drug-likeness (QED) is 0.451. The van der Waals surface area contributed by atoms with E-state index in [0.29, 0.717) is 23.4 Å². The predicted molar refractivity (Wildman–Crippen MR) is 127 cm³/mol. The van der Waals surface area contributed by atoms with E-state index in [9.17, 15) is 14.7 Å². The summed E-state index contributed by atoms with van der Waals surface area (Å²) in [5.74, 6) is -0.372. The first-order valence-electron chi connectivity index (χ1n) is 11.3. The van der Waals surface area contributed by atoms with Crippen molar-refractivity contribution in [2.45, 2.75) is 19.1 Å². The minimum absolute atomic E-state index is 0.127. The first-order valence-corrected chi connectivity index (χ1v) is 11.3. The van der Waals surface area contributed by atoms with E-state index >= 15 is 0 Å². The Bertz CT molecular complexity index is 1410. The maximum atomic E-state index is 12.6. The lowest BCUT2D eigenvalue weighted by atomic mass is 10.00.